The van der Waals surface area contributed by atoms with Gasteiger partial charge in [-0.2, -0.15) is 0 Å². The van der Waals surface area contributed by atoms with Gasteiger partial charge in [-0.05, 0) is 50.2 Å². The summed E-state index contributed by atoms with van der Waals surface area (Å²) in [7, 11) is -2.31. The number of sulfonamides is 1. The van der Waals surface area contributed by atoms with E-state index in [2.05, 4.69) is 5.32 Å². The predicted octanol–water partition coefficient (Wildman–Crippen LogP) is 4.54. The summed E-state index contributed by atoms with van der Waals surface area (Å²) in [5.74, 6) is 0.235. The first-order valence-electron chi connectivity index (χ1n) is 9.90. The van der Waals surface area contributed by atoms with Crippen LogP contribution in [0, 0.1) is 13.8 Å². The number of nitrogens with one attached hydrogen (secondary N) is 1. The number of benzene rings is 3. The molecule has 0 aliphatic carbocycles. The van der Waals surface area contributed by atoms with Gasteiger partial charge in [0.15, 0.2) is 0 Å². The van der Waals surface area contributed by atoms with Crippen LogP contribution < -0.4 is 14.4 Å². The Kier molecular flexibility index (Phi) is 6.97. The first-order chi connectivity index (χ1) is 14.8. The average Bonchev–Trinajstić information content (AvgIpc) is 2.75. The first kappa shape index (κ1) is 22.4. The highest BCUT2D eigenvalue weighted by molar-refractivity contribution is 7.92. The van der Waals surface area contributed by atoms with E-state index in [1.54, 1.807) is 54.6 Å². The fraction of sp³-hybridized carbons (Fsp3) is 0.208. The second-order valence-electron chi connectivity index (χ2n) is 7.22. The largest absolute Gasteiger partial charge is 0.495 e. The maximum atomic E-state index is 13.4. The monoisotopic (exact) mass is 438 g/mol. The topological polar surface area (TPSA) is 75.7 Å². The molecular formula is C24H26N2O4S. The summed E-state index contributed by atoms with van der Waals surface area (Å²) in [5.41, 5.74) is 3.04. The van der Waals surface area contributed by atoms with Crippen LogP contribution in [0.15, 0.2) is 77.7 Å². The summed E-state index contributed by atoms with van der Waals surface area (Å²) in [4.78, 5) is 12.8. The second-order valence-corrected chi connectivity index (χ2v) is 9.09. The van der Waals surface area contributed by atoms with Crippen LogP contribution >= 0.6 is 0 Å². The summed E-state index contributed by atoms with van der Waals surface area (Å²) in [6.45, 7) is 3.83. The third-order valence-electron chi connectivity index (χ3n) is 4.85. The maximum Gasteiger partial charge on any atom is 0.264 e. The van der Waals surface area contributed by atoms with Crippen molar-refractivity contribution in [1.82, 2.24) is 0 Å². The van der Waals surface area contributed by atoms with Crippen LogP contribution in [0.4, 0.5) is 11.4 Å². The van der Waals surface area contributed by atoms with Crippen molar-refractivity contribution in [1.29, 1.82) is 0 Å². The quantitative estimate of drug-likeness (QED) is 0.560. The number of aryl methyl sites for hydroxylation is 2. The Hall–Kier alpha value is -3.32. The molecule has 1 N–H and O–H groups in total. The first-order valence-corrected chi connectivity index (χ1v) is 11.3. The predicted molar refractivity (Wildman–Crippen MR) is 123 cm³/mol. The van der Waals surface area contributed by atoms with Gasteiger partial charge in [-0.1, -0.05) is 47.5 Å². The Labute approximate surface area is 183 Å². The molecule has 0 aliphatic heterocycles. The molecule has 0 fully saturated rings. The second kappa shape index (κ2) is 9.66. The number of para-hydroxylation sites is 2. The van der Waals surface area contributed by atoms with Crippen LogP contribution in [0.2, 0.25) is 0 Å². The molecule has 7 heteroatoms. The molecule has 0 bridgehead atoms. The Balaban J connectivity index is 1.84. The SMILES string of the molecule is COc1ccccc1NC(=O)CCN(c1ccc(C)cc1)S(=O)(=O)c1ccc(C)cc1. The molecule has 0 aromatic heterocycles. The van der Waals surface area contributed by atoms with E-state index in [1.807, 2.05) is 32.0 Å². The van der Waals surface area contributed by atoms with Gasteiger partial charge in [0.2, 0.25) is 5.91 Å². The lowest BCUT2D eigenvalue weighted by Crippen LogP contribution is -2.34. The van der Waals surface area contributed by atoms with Crippen molar-refractivity contribution in [3.63, 3.8) is 0 Å². The summed E-state index contributed by atoms with van der Waals surface area (Å²) in [6, 6.07) is 21.0. The molecule has 0 spiro atoms. The van der Waals surface area contributed by atoms with Gasteiger partial charge < -0.3 is 10.1 Å². The number of methoxy groups -OCH3 is 1. The molecule has 0 unspecified atom stereocenters. The van der Waals surface area contributed by atoms with Crippen molar-refractivity contribution in [3.8, 4) is 5.75 Å². The summed E-state index contributed by atoms with van der Waals surface area (Å²) < 4.78 is 33.3. The third-order valence-corrected chi connectivity index (χ3v) is 6.70. The van der Waals surface area contributed by atoms with E-state index in [4.69, 9.17) is 4.74 Å². The molecule has 31 heavy (non-hydrogen) atoms. The zero-order valence-corrected chi connectivity index (χ0v) is 18.6. The number of amides is 1. The fourth-order valence-corrected chi connectivity index (χ4v) is 4.57. The molecule has 3 rings (SSSR count). The standard InChI is InChI=1S/C24H26N2O4S/c1-18-8-12-20(13-9-18)26(31(28,29)21-14-10-19(2)11-15-21)17-16-24(27)25-22-6-4-5-7-23(22)30-3/h4-15H,16-17H2,1-3H3,(H,25,27). The fourth-order valence-electron chi connectivity index (χ4n) is 3.10. The molecule has 1 amide bonds. The number of anilines is 2. The van der Waals surface area contributed by atoms with E-state index in [0.717, 1.165) is 11.1 Å². The summed E-state index contributed by atoms with van der Waals surface area (Å²) in [6.07, 6.45) is -0.0168. The van der Waals surface area contributed by atoms with Crippen LogP contribution in [0.3, 0.4) is 0 Å². The highest BCUT2D eigenvalue weighted by atomic mass is 32.2. The lowest BCUT2D eigenvalue weighted by molar-refractivity contribution is -0.116. The van der Waals surface area contributed by atoms with Gasteiger partial charge in [0.25, 0.3) is 10.0 Å². The number of carbonyl (C=O) groups excluding carboxylic acids is 1. The number of carbonyl (C=O) groups is 1. The minimum Gasteiger partial charge on any atom is -0.495 e. The van der Waals surface area contributed by atoms with Crippen LogP contribution in [-0.4, -0.2) is 28.0 Å². The lowest BCUT2D eigenvalue weighted by atomic mass is 10.2. The van der Waals surface area contributed by atoms with Gasteiger partial charge in [-0.25, -0.2) is 8.42 Å². The molecule has 0 saturated carbocycles. The van der Waals surface area contributed by atoms with Gasteiger partial charge >= 0.3 is 0 Å². The van der Waals surface area contributed by atoms with Crippen LogP contribution in [0.25, 0.3) is 0 Å². The molecule has 3 aromatic rings. The highest BCUT2D eigenvalue weighted by Crippen LogP contribution is 2.26. The zero-order valence-electron chi connectivity index (χ0n) is 17.8. The average molecular weight is 439 g/mol. The molecule has 3 aromatic carbocycles. The van der Waals surface area contributed by atoms with E-state index >= 15 is 0 Å². The van der Waals surface area contributed by atoms with Crippen molar-refractivity contribution in [2.24, 2.45) is 0 Å². The van der Waals surface area contributed by atoms with Gasteiger partial charge in [0.05, 0.1) is 23.4 Å². The van der Waals surface area contributed by atoms with Gasteiger partial charge in [0.1, 0.15) is 5.75 Å². The third kappa shape index (κ3) is 5.44. The van der Waals surface area contributed by atoms with Crippen molar-refractivity contribution in [2.75, 3.05) is 23.3 Å². The van der Waals surface area contributed by atoms with Crippen molar-refractivity contribution in [3.05, 3.63) is 83.9 Å². The molecule has 0 atom stereocenters. The molecule has 162 valence electrons. The summed E-state index contributed by atoms with van der Waals surface area (Å²) >= 11 is 0. The van der Waals surface area contributed by atoms with E-state index < -0.39 is 10.0 Å². The Morgan fingerprint density at radius 3 is 2.10 bits per heavy atom. The van der Waals surface area contributed by atoms with Crippen molar-refractivity contribution in [2.45, 2.75) is 25.2 Å². The number of rotatable bonds is 8. The van der Waals surface area contributed by atoms with Crippen molar-refractivity contribution >= 4 is 27.3 Å². The minimum atomic E-state index is -3.84. The van der Waals surface area contributed by atoms with Gasteiger partial charge in [0, 0.05) is 13.0 Å². The van der Waals surface area contributed by atoms with Crippen LogP contribution in [0.1, 0.15) is 17.5 Å². The minimum absolute atomic E-state index is 0.000251. The molecule has 0 radical (unpaired) electrons. The van der Waals surface area contributed by atoms with Gasteiger partial charge in [-0.3, -0.25) is 9.10 Å². The molecule has 0 heterocycles. The van der Waals surface area contributed by atoms with E-state index in [-0.39, 0.29) is 23.8 Å². The van der Waals surface area contributed by atoms with E-state index in [9.17, 15) is 13.2 Å². The number of ether oxygens (including phenoxy) is 1. The Bertz CT molecular complexity index is 1140. The van der Waals surface area contributed by atoms with E-state index in [1.165, 1.54) is 11.4 Å². The number of hydrogen-bond donors (Lipinski definition) is 1. The molecular weight excluding hydrogens is 412 g/mol. The van der Waals surface area contributed by atoms with Gasteiger partial charge in [-0.15, -0.1) is 0 Å². The van der Waals surface area contributed by atoms with Crippen LogP contribution in [-0.2, 0) is 14.8 Å². The molecule has 0 saturated heterocycles. The molecule has 0 aliphatic rings. The molecule has 6 nitrogen and oxygen atoms in total. The maximum absolute atomic E-state index is 13.4. The normalized spacial score (nSPS) is 11.1. The number of nitrogens with zero attached hydrogens (tertiary/aromatic N) is 1. The Morgan fingerprint density at radius 2 is 1.48 bits per heavy atom. The zero-order chi connectivity index (χ0) is 22.4. The number of hydrogen-bond acceptors (Lipinski definition) is 4. The smallest absolute Gasteiger partial charge is 0.264 e. The van der Waals surface area contributed by atoms with Crippen LogP contribution in [0.5, 0.6) is 5.75 Å². The van der Waals surface area contributed by atoms with E-state index in [0.29, 0.717) is 17.1 Å². The Morgan fingerprint density at radius 1 is 0.903 bits per heavy atom. The van der Waals surface area contributed by atoms with Crippen molar-refractivity contribution < 1.29 is 17.9 Å². The lowest BCUT2D eigenvalue weighted by Gasteiger charge is -2.24. The highest BCUT2D eigenvalue weighted by Gasteiger charge is 2.25. The summed E-state index contributed by atoms with van der Waals surface area (Å²) in [5, 5.41) is 2.79.